The second kappa shape index (κ2) is 10.8. The number of aliphatic hydroxyl groups is 10. The van der Waals surface area contributed by atoms with Crippen LogP contribution in [0.3, 0.4) is 0 Å². The largest absolute Gasteiger partial charge is 0.394 e. The Morgan fingerprint density at radius 1 is 0.594 bits per heavy atom. The van der Waals surface area contributed by atoms with Crippen LogP contribution >= 0.6 is 0 Å². The Morgan fingerprint density at radius 2 is 1.22 bits per heavy atom. The van der Waals surface area contributed by atoms with Crippen molar-refractivity contribution >= 4 is 0 Å². The highest BCUT2D eigenvalue weighted by Gasteiger charge is 2.52. The SMILES string of the molecule is OC[C@H]1O[C@@H](O[C@H]2[C@H](O)[C@@H](O)[C@H](O)O[C@@H]2CO)[C@H](O)[C@@H](O[C@H]2OC[C@@H](O)[C@H](O)[C@H]2O)[C@@H]1O. The Bertz CT molecular complexity index is 594. The molecule has 0 unspecified atom stereocenters. The van der Waals surface area contributed by atoms with E-state index in [2.05, 4.69) is 0 Å². The molecule has 32 heavy (non-hydrogen) atoms. The molecule has 3 heterocycles. The smallest absolute Gasteiger partial charge is 0.187 e. The van der Waals surface area contributed by atoms with Gasteiger partial charge in [-0.1, -0.05) is 0 Å². The van der Waals surface area contributed by atoms with Crippen LogP contribution < -0.4 is 0 Å². The van der Waals surface area contributed by atoms with Crippen molar-refractivity contribution in [3.05, 3.63) is 0 Å². The molecule has 3 fully saturated rings. The number of ether oxygens (including phenoxy) is 5. The molecule has 0 aromatic carbocycles. The minimum atomic E-state index is -1.83. The summed E-state index contributed by atoms with van der Waals surface area (Å²) < 4.78 is 26.3. The Kier molecular flexibility index (Phi) is 8.75. The summed E-state index contributed by atoms with van der Waals surface area (Å²) in [6, 6.07) is 0. The van der Waals surface area contributed by atoms with E-state index in [1.54, 1.807) is 0 Å². The third-order valence-corrected chi connectivity index (χ3v) is 5.70. The average molecular weight is 474 g/mol. The van der Waals surface area contributed by atoms with E-state index in [0.29, 0.717) is 0 Å². The van der Waals surface area contributed by atoms with Crippen LogP contribution in [0.2, 0.25) is 0 Å². The summed E-state index contributed by atoms with van der Waals surface area (Å²) in [5.74, 6) is 0. The molecule has 3 saturated heterocycles. The van der Waals surface area contributed by atoms with Crippen molar-refractivity contribution in [2.75, 3.05) is 19.8 Å². The summed E-state index contributed by atoms with van der Waals surface area (Å²) in [5, 5.41) is 99.1. The summed E-state index contributed by atoms with van der Waals surface area (Å²) in [5.41, 5.74) is 0. The van der Waals surface area contributed by atoms with Crippen molar-refractivity contribution in [1.29, 1.82) is 0 Å². The number of rotatable bonds is 6. The van der Waals surface area contributed by atoms with Crippen LogP contribution in [-0.4, -0.2) is 157 Å². The van der Waals surface area contributed by atoms with E-state index in [9.17, 15) is 51.1 Å². The molecule has 3 aliphatic heterocycles. The summed E-state index contributed by atoms with van der Waals surface area (Å²) in [6.07, 6.45) is -22.8. The lowest BCUT2D eigenvalue weighted by molar-refractivity contribution is -0.373. The molecule has 0 radical (unpaired) electrons. The summed E-state index contributed by atoms with van der Waals surface area (Å²) in [6.45, 7) is -1.92. The first-order valence-electron chi connectivity index (χ1n) is 10.00. The summed E-state index contributed by atoms with van der Waals surface area (Å²) >= 11 is 0. The van der Waals surface area contributed by atoms with Gasteiger partial charge in [0.1, 0.15) is 67.1 Å². The zero-order chi connectivity index (χ0) is 23.7. The highest BCUT2D eigenvalue weighted by Crippen LogP contribution is 2.31. The maximum absolute atomic E-state index is 10.7. The summed E-state index contributed by atoms with van der Waals surface area (Å²) in [7, 11) is 0. The van der Waals surface area contributed by atoms with Crippen LogP contribution in [0.25, 0.3) is 0 Å². The maximum atomic E-state index is 10.7. The third kappa shape index (κ3) is 5.07. The van der Waals surface area contributed by atoms with E-state index >= 15 is 0 Å². The lowest BCUT2D eigenvalue weighted by Crippen LogP contribution is -2.66. The first kappa shape index (κ1) is 26.0. The van der Waals surface area contributed by atoms with Gasteiger partial charge in [-0.25, -0.2) is 0 Å². The Morgan fingerprint density at radius 3 is 1.84 bits per heavy atom. The van der Waals surface area contributed by atoms with Gasteiger partial charge in [-0.2, -0.15) is 0 Å². The fourth-order valence-corrected chi connectivity index (χ4v) is 3.77. The monoisotopic (exact) mass is 474 g/mol. The van der Waals surface area contributed by atoms with Gasteiger partial charge in [0.25, 0.3) is 0 Å². The van der Waals surface area contributed by atoms with Gasteiger partial charge in [0.05, 0.1) is 19.8 Å². The Hall–Kier alpha value is -0.600. The fourth-order valence-electron chi connectivity index (χ4n) is 3.77. The minimum absolute atomic E-state index is 0.411. The van der Waals surface area contributed by atoms with Crippen molar-refractivity contribution in [2.45, 2.75) is 86.0 Å². The highest BCUT2D eigenvalue weighted by atomic mass is 16.7. The Balaban J connectivity index is 1.75. The normalized spacial score (nSPS) is 52.7. The van der Waals surface area contributed by atoms with E-state index in [-0.39, 0.29) is 0 Å². The molecule has 0 spiro atoms. The average Bonchev–Trinajstić information content (AvgIpc) is 2.78. The first-order chi connectivity index (χ1) is 15.1. The highest BCUT2D eigenvalue weighted by molar-refractivity contribution is 4.95. The predicted molar refractivity (Wildman–Crippen MR) is 95.2 cm³/mol. The van der Waals surface area contributed by atoms with Crippen molar-refractivity contribution in [1.82, 2.24) is 0 Å². The van der Waals surface area contributed by atoms with Crippen LogP contribution in [0.5, 0.6) is 0 Å². The molecule has 0 aromatic heterocycles. The van der Waals surface area contributed by atoms with Crippen LogP contribution in [0.15, 0.2) is 0 Å². The standard InChI is InChI=1S/C17H30O15/c18-1-5-8(22)14(32-16-11(25)7(21)4(20)3-28-16)12(26)17(30-5)31-13-6(2-19)29-15(27)10(24)9(13)23/h4-27H,1-3H2/t4-,5-,6-,7+,8-,9-,10-,11-,12-,13-,14+,15-,16-,17+/m1/s1. The van der Waals surface area contributed by atoms with E-state index < -0.39 is 106 Å². The third-order valence-electron chi connectivity index (χ3n) is 5.70. The van der Waals surface area contributed by atoms with Gasteiger partial charge in [-0.05, 0) is 0 Å². The van der Waals surface area contributed by atoms with Crippen molar-refractivity contribution in [3.8, 4) is 0 Å². The number of hydrogen-bond acceptors (Lipinski definition) is 15. The van der Waals surface area contributed by atoms with Gasteiger partial charge in [0.2, 0.25) is 0 Å². The molecule has 0 aromatic rings. The lowest BCUT2D eigenvalue weighted by Gasteiger charge is -2.47. The second-order valence-corrected chi connectivity index (χ2v) is 7.89. The topological polar surface area (TPSA) is 248 Å². The van der Waals surface area contributed by atoms with E-state index in [1.165, 1.54) is 0 Å². The molecule has 0 saturated carbocycles. The van der Waals surface area contributed by atoms with Crippen LogP contribution in [0.1, 0.15) is 0 Å². The van der Waals surface area contributed by atoms with Gasteiger partial charge >= 0.3 is 0 Å². The molecule has 15 nitrogen and oxygen atoms in total. The molecule has 15 heteroatoms. The van der Waals surface area contributed by atoms with Gasteiger partial charge in [0, 0.05) is 0 Å². The van der Waals surface area contributed by atoms with Gasteiger partial charge in [-0.3, -0.25) is 0 Å². The van der Waals surface area contributed by atoms with Crippen LogP contribution in [-0.2, 0) is 23.7 Å². The molecule has 3 rings (SSSR count). The van der Waals surface area contributed by atoms with E-state index in [1.807, 2.05) is 0 Å². The zero-order valence-electron chi connectivity index (χ0n) is 16.7. The minimum Gasteiger partial charge on any atom is -0.394 e. The molecule has 14 atom stereocenters. The second-order valence-electron chi connectivity index (χ2n) is 7.89. The predicted octanol–water partition coefficient (Wildman–Crippen LogP) is -6.93. The van der Waals surface area contributed by atoms with E-state index in [0.717, 1.165) is 0 Å². The van der Waals surface area contributed by atoms with Crippen molar-refractivity contribution < 1.29 is 74.7 Å². The van der Waals surface area contributed by atoms with Gasteiger partial charge < -0.3 is 74.7 Å². The fraction of sp³-hybridized carbons (Fsp3) is 1.00. The quantitative estimate of drug-likeness (QED) is 0.172. The van der Waals surface area contributed by atoms with Crippen LogP contribution in [0, 0.1) is 0 Å². The maximum Gasteiger partial charge on any atom is 0.187 e. The molecule has 188 valence electrons. The lowest BCUT2D eigenvalue weighted by atomic mass is 9.96. The van der Waals surface area contributed by atoms with Crippen molar-refractivity contribution in [3.63, 3.8) is 0 Å². The molecular formula is C17H30O15. The number of aliphatic hydroxyl groups excluding tert-OH is 10. The Labute approximate surface area is 181 Å². The first-order valence-corrected chi connectivity index (χ1v) is 10.00. The van der Waals surface area contributed by atoms with Crippen molar-refractivity contribution in [2.24, 2.45) is 0 Å². The molecule has 10 N–H and O–H groups in total. The van der Waals surface area contributed by atoms with E-state index in [4.69, 9.17) is 23.7 Å². The molecule has 0 amide bonds. The van der Waals surface area contributed by atoms with Gasteiger partial charge in [0.15, 0.2) is 18.9 Å². The molecule has 3 aliphatic rings. The summed E-state index contributed by atoms with van der Waals surface area (Å²) in [4.78, 5) is 0. The molecule has 0 aliphatic carbocycles. The molecular weight excluding hydrogens is 444 g/mol. The number of hydrogen-bond donors (Lipinski definition) is 10. The van der Waals surface area contributed by atoms with Crippen LogP contribution in [0.4, 0.5) is 0 Å². The zero-order valence-corrected chi connectivity index (χ0v) is 16.7. The van der Waals surface area contributed by atoms with Gasteiger partial charge in [-0.15, -0.1) is 0 Å². The molecule has 0 bridgehead atoms.